The van der Waals surface area contributed by atoms with Crippen molar-refractivity contribution in [1.82, 2.24) is 9.80 Å². The molecule has 1 atom stereocenters. The molecular weight excluding hydrogens is 332 g/mol. The standard InChI is InChI=1S/C11H22N2.C8H18N2.2C2H6/c1-9(2)13-5-3-11(4-6-13)7-10(12)8-11;1-8(9)4-3-6-10(2)7-5-8;2*1-2/h9-10H,3-8,12H2,1-2H3;3-7,9H2,1-2H3;2*1-2H3. The van der Waals surface area contributed by atoms with Crippen LogP contribution in [0.5, 0.6) is 0 Å². The number of likely N-dealkylation sites (tertiary alicyclic amines) is 2. The van der Waals surface area contributed by atoms with Crippen molar-refractivity contribution in [2.24, 2.45) is 16.9 Å². The maximum atomic E-state index is 6.01. The zero-order valence-corrected chi connectivity index (χ0v) is 20.0. The summed E-state index contributed by atoms with van der Waals surface area (Å²) in [5, 5.41) is 0. The highest BCUT2D eigenvalue weighted by Gasteiger charge is 2.44. The lowest BCUT2D eigenvalue weighted by Gasteiger charge is -2.51. The van der Waals surface area contributed by atoms with Gasteiger partial charge in [-0.2, -0.15) is 0 Å². The molecule has 2 aliphatic heterocycles. The van der Waals surface area contributed by atoms with Crippen LogP contribution in [0.25, 0.3) is 0 Å². The minimum absolute atomic E-state index is 0.102. The van der Waals surface area contributed by atoms with Gasteiger partial charge in [0.05, 0.1) is 0 Å². The molecule has 3 fully saturated rings. The van der Waals surface area contributed by atoms with Crippen molar-refractivity contribution in [2.75, 3.05) is 33.2 Å². The normalized spacial score (nSPS) is 28.6. The summed E-state index contributed by atoms with van der Waals surface area (Å²) in [5.74, 6) is 0. The van der Waals surface area contributed by atoms with Crippen LogP contribution in [0.1, 0.15) is 93.4 Å². The molecule has 1 spiro atoms. The minimum Gasteiger partial charge on any atom is -0.328 e. The van der Waals surface area contributed by atoms with Crippen LogP contribution in [-0.2, 0) is 0 Å². The molecule has 0 aromatic rings. The molecule has 1 saturated carbocycles. The van der Waals surface area contributed by atoms with Gasteiger partial charge in [0, 0.05) is 17.6 Å². The van der Waals surface area contributed by atoms with Gasteiger partial charge in [-0.1, -0.05) is 27.7 Å². The molecule has 1 unspecified atom stereocenters. The van der Waals surface area contributed by atoms with E-state index in [2.05, 4.69) is 37.6 Å². The Kier molecular flexibility index (Phi) is 13.1. The third-order valence-corrected chi connectivity index (χ3v) is 6.33. The molecule has 0 aromatic carbocycles. The molecule has 0 bridgehead atoms. The first kappa shape index (κ1) is 26.8. The highest BCUT2D eigenvalue weighted by molar-refractivity contribution is 4.99. The van der Waals surface area contributed by atoms with Crippen LogP contribution in [0, 0.1) is 5.41 Å². The Morgan fingerprint density at radius 1 is 0.852 bits per heavy atom. The Hall–Kier alpha value is -0.160. The van der Waals surface area contributed by atoms with Gasteiger partial charge in [-0.05, 0) is 104 Å². The molecule has 3 aliphatic rings. The zero-order chi connectivity index (χ0) is 21.1. The van der Waals surface area contributed by atoms with E-state index < -0.39 is 0 Å². The van der Waals surface area contributed by atoms with E-state index >= 15 is 0 Å². The molecule has 27 heavy (non-hydrogen) atoms. The molecule has 4 nitrogen and oxygen atoms in total. The van der Waals surface area contributed by atoms with Crippen LogP contribution < -0.4 is 11.5 Å². The van der Waals surface area contributed by atoms with Crippen molar-refractivity contribution in [2.45, 2.75) is 111 Å². The van der Waals surface area contributed by atoms with Gasteiger partial charge in [0.1, 0.15) is 0 Å². The van der Waals surface area contributed by atoms with Crippen LogP contribution in [0.4, 0.5) is 0 Å². The fraction of sp³-hybridized carbons (Fsp3) is 1.00. The lowest BCUT2D eigenvalue weighted by molar-refractivity contribution is 0.00819. The fourth-order valence-electron chi connectivity index (χ4n) is 4.41. The molecule has 4 N–H and O–H groups in total. The van der Waals surface area contributed by atoms with E-state index in [0.717, 1.165) is 19.0 Å². The number of nitrogens with zero attached hydrogens (tertiary/aromatic N) is 2. The zero-order valence-electron chi connectivity index (χ0n) is 20.0. The van der Waals surface area contributed by atoms with Crippen molar-refractivity contribution in [1.29, 1.82) is 0 Å². The summed E-state index contributed by atoms with van der Waals surface area (Å²) in [4.78, 5) is 4.95. The molecule has 2 saturated heterocycles. The second kappa shape index (κ2) is 13.1. The highest BCUT2D eigenvalue weighted by atomic mass is 15.2. The number of piperidine rings is 1. The molecule has 2 heterocycles. The highest BCUT2D eigenvalue weighted by Crippen LogP contribution is 2.48. The van der Waals surface area contributed by atoms with Gasteiger partial charge < -0.3 is 21.3 Å². The van der Waals surface area contributed by atoms with E-state index in [1.807, 2.05) is 27.7 Å². The van der Waals surface area contributed by atoms with E-state index in [0.29, 0.717) is 11.5 Å². The van der Waals surface area contributed by atoms with Crippen molar-refractivity contribution in [3.63, 3.8) is 0 Å². The molecule has 0 amide bonds. The topological polar surface area (TPSA) is 58.5 Å². The summed E-state index contributed by atoms with van der Waals surface area (Å²) in [7, 11) is 2.17. The smallest absolute Gasteiger partial charge is 0.0138 e. The van der Waals surface area contributed by atoms with Gasteiger partial charge in [0.25, 0.3) is 0 Å². The van der Waals surface area contributed by atoms with Gasteiger partial charge >= 0.3 is 0 Å². The summed E-state index contributed by atoms with van der Waals surface area (Å²) in [6.07, 6.45) is 8.93. The quantitative estimate of drug-likeness (QED) is 0.700. The molecular formula is C23H52N4. The molecule has 0 aromatic heterocycles. The number of hydrogen-bond donors (Lipinski definition) is 2. The van der Waals surface area contributed by atoms with Gasteiger partial charge in [-0.3, -0.25) is 0 Å². The lowest BCUT2D eigenvalue weighted by Crippen LogP contribution is -2.53. The van der Waals surface area contributed by atoms with E-state index in [4.69, 9.17) is 11.5 Å². The summed E-state index contributed by atoms with van der Waals surface area (Å²) < 4.78 is 0. The Morgan fingerprint density at radius 3 is 1.81 bits per heavy atom. The van der Waals surface area contributed by atoms with Crippen LogP contribution in [0.15, 0.2) is 0 Å². The largest absolute Gasteiger partial charge is 0.328 e. The number of rotatable bonds is 1. The summed E-state index contributed by atoms with van der Waals surface area (Å²) >= 11 is 0. The van der Waals surface area contributed by atoms with Crippen molar-refractivity contribution in [3.8, 4) is 0 Å². The van der Waals surface area contributed by atoms with Crippen molar-refractivity contribution >= 4 is 0 Å². The first-order valence-electron chi connectivity index (χ1n) is 11.7. The van der Waals surface area contributed by atoms with Crippen LogP contribution in [-0.4, -0.2) is 60.6 Å². The minimum atomic E-state index is 0.102. The van der Waals surface area contributed by atoms with Gasteiger partial charge in [0.15, 0.2) is 0 Å². The summed E-state index contributed by atoms with van der Waals surface area (Å²) in [5.41, 5.74) is 12.7. The Labute approximate surface area is 171 Å². The summed E-state index contributed by atoms with van der Waals surface area (Å²) in [6.45, 7) is 19.7. The molecule has 0 radical (unpaired) electrons. The first-order chi connectivity index (χ1) is 12.7. The van der Waals surface area contributed by atoms with Gasteiger partial charge in [0.2, 0.25) is 0 Å². The van der Waals surface area contributed by atoms with Crippen molar-refractivity contribution in [3.05, 3.63) is 0 Å². The number of hydrogen-bond acceptors (Lipinski definition) is 4. The summed E-state index contributed by atoms with van der Waals surface area (Å²) in [6, 6.07) is 1.25. The van der Waals surface area contributed by atoms with E-state index in [-0.39, 0.29) is 5.54 Å². The lowest BCUT2D eigenvalue weighted by atomic mass is 9.60. The monoisotopic (exact) mass is 384 g/mol. The molecule has 1 aliphatic carbocycles. The predicted octanol–water partition coefficient (Wildman–Crippen LogP) is 4.47. The van der Waals surface area contributed by atoms with Gasteiger partial charge in [-0.25, -0.2) is 0 Å². The first-order valence-corrected chi connectivity index (χ1v) is 11.7. The average Bonchev–Trinajstić information content (AvgIpc) is 2.78. The van der Waals surface area contributed by atoms with E-state index in [1.165, 1.54) is 58.2 Å². The Morgan fingerprint density at radius 2 is 1.37 bits per heavy atom. The maximum absolute atomic E-state index is 6.01. The Balaban J connectivity index is 0.000000434. The Bertz CT molecular complexity index is 351. The predicted molar refractivity (Wildman–Crippen MR) is 122 cm³/mol. The molecule has 3 rings (SSSR count). The van der Waals surface area contributed by atoms with E-state index in [1.54, 1.807) is 0 Å². The van der Waals surface area contributed by atoms with Crippen molar-refractivity contribution < 1.29 is 0 Å². The fourth-order valence-corrected chi connectivity index (χ4v) is 4.41. The van der Waals surface area contributed by atoms with Crippen LogP contribution >= 0.6 is 0 Å². The van der Waals surface area contributed by atoms with Crippen LogP contribution in [0.3, 0.4) is 0 Å². The molecule has 4 heteroatoms. The second-order valence-electron chi connectivity index (χ2n) is 9.11. The molecule has 164 valence electrons. The van der Waals surface area contributed by atoms with E-state index in [9.17, 15) is 0 Å². The average molecular weight is 385 g/mol. The van der Waals surface area contributed by atoms with Crippen LogP contribution in [0.2, 0.25) is 0 Å². The maximum Gasteiger partial charge on any atom is 0.0138 e. The second-order valence-corrected chi connectivity index (χ2v) is 9.11. The SMILES string of the molecule is CC.CC.CC(C)N1CCC2(CC1)CC(N)C2.CN1CCCC(C)(N)CC1. The third kappa shape index (κ3) is 9.74. The van der Waals surface area contributed by atoms with Gasteiger partial charge in [-0.15, -0.1) is 0 Å². The number of nitrogens with two attached hydrogens (primary N) is 2. The third-order valence-electron chi connectivity index (χ3n) is 6.33.